The number of aliphatic hydroxyl groups is 2. The van der Waals surface area contributed by atoms with Gasteiger partial charge < -0.3 is 10.2 Å². The van der Waals surface area contributed by atoms with Crippen LogP contribution in [0.5, 0.6) is 0 Å². The van der Waals surface area contributed by atoms with Crippen molar-refractivity contribution in [1.82, 2.24) is 0 Å². The number of benzene rings is 1. The summed E-state index contributed by atoms with van der Waals surface area (Å²) in [6, 6.07) is 3.88. The van der Waals surface area contributed by atoms with E-state index in [-0.39, 0.29) is 11.8 Å². The molecular formula is C29H32F2O2. The Bertz CT molecular complexity index is 1100. The molecule has 0 aromatic heterocycles. The second-order valence-electron chi connectivity index (χ2n) is 11.3. The third-order valence-corrected chi connectivity index (χ3v) is 9.36. The van der Waals surface area contributed by atoms with Crippen molar-refractivity contribution in [1.29, 1.82) is 0 Å². The normalized spacial score (nSPS) is 39.7. The van der Waals surface area contributed by atoms with E-state index in [2.05, 4.69) is 18.8 Å². The average Bonchev–Trinajstić information content (AvgIpc) is 3.56. The summed E-state index contributed by atoms with van der Waals surface area (Å²) in [7, 11) is 0. The zero-order chi connectivity index (χ0) is 23.0. The lowest BCUT2D eigenvalue weighted by atomic mass is 9.51. The number of fused-ring (bicyclic) bond motifs is 4. The molecule has 0 spiro atoms. The van der Waals surface area contributed by atoms with Crippen molar-refractivity contribution >= 4 is 0 Å². The monoisotopic (exact) mass is 450 g/mol. The fourth-order valence-electron chi connectivity index (χ4n) is 7.51. The van der Waals surface area contributed by atoms with Crippen LogP contribution in [0.1, 0.15) is 76.2 Å². The molecule has 33 heavy (non-hydrogen) atoms. The molecule has 0 amide bonds. The highest BCUT2D eigenvalue weighted by molar-refractivity contribution is 5.49. The molecule has 0 heterocycles. The zero-order valence-electron chi connectivity index (χ0n) is 19.2. The van der Waals surface area contributed by atoms with Gasteiger partial charge in [-0.3, -0.25) is 0 Å². The molecule has 174 valence electrons. The summed E-state index contributed by atoms with van der Waals surface area (Å²) in [5, 5.41) is 22.1. The predicted molar refractivity (Wildman–Crippen MR) is 123 cm³/mol. The van der Waals surface area contributed by atoms with E-state index >= 15 is 0 Å². The predicted octanol–water partition coefficient (Wildman–Crippen LogP) is 5.80. The minimum Gasteiger partial charge on any atom is -0.389 e. The molecule has 0 radical (unpaired) electrons. The third kappa shape index (κ3) is 3.43. The lowest BCUT2D eigenvalue weighted by molar-refractivity contribution is -0.0514. The minimum atomic E-state index is -1.06. The highest BCUT2D eigenvalue weighted by atomic mass is 19.1. The van der Waals surface area contributed by atoms with Crippen LogP contribution in [0.15, 0.2) is 41.0 Å². The van der Waals surface area contributed by atoms with Crippen LogP contribution >= 0.6 is 0 Å². The SMILES string of the molecule is C[C@]12C[C@H](c3cc(F)cc(F)c3)C3=C4CCC(O)C=C4CC[C@H]3[C@@H]1CC[C@@]2(O)C#CC1CC1. The van der Waals surface area contributed by atoms with E-state index in [1.54, 1.807) is 0 Å². The van der Waals surface area contributed by atoms with E-state index in [4.69, 9.17) is 0 Å². The summed E-state index contributed by atoms with van der Waals surface area (Å²) in [6.07, 6.45) is 9.43. The summed E-state index contributed by atoms with van der Waals surface area (Å²) in [5.41, 5.74) is 3.01. The second kappa shape index (κ2) is 7.52. The van der Waals surface area contributed by atoms with E-state index in [9.17, 15) is 19.0 Å². The van der Waals surface area contributed by atoms with Gasteiger partial charge in [-0.1, -0.05) is 30.4 Å². The van der Waals surface area contributed by atoms with Crippen LogP contribution in [0, 0.1) is 46.6 Å². The minimum absolute atomic E-state index is 0.150. The number of hydrogen-bond donors (Lipinski definition) is 2. The molecule has 6 rings (SSSR count). The largest absolute Gasteiger partial charge is 0.389 e. The Hall–Kier alpha value is -1.96. The van der Waals surface area contributed by atoms with Crippen molar-refractivity contribution in [2.24, 2.45) is 23.2 Å². The molecule has 2 N–H and O–H groups in total. The highest BCUT2D eigenvalue weighted by Gasteiger charge is 2.62. The lowest BCUT2D eigenvalue weighted by Gasteiger charge is -2.54. The summed E-state index contributed by atoms with van der Waals surface area (Å²) >= 11 is 0. The van der Waals surface area contributed by atoms with Crippen molar-refractivity contribution in [3.63, 3.8) is 0 Å². The first-order valence-electron chi connectivity index (χ1n) is 12.6. The topological polar surface area (TPSA) is 40.5 Å². The van der Waals surface area contributed by atoms with Gasteiger partial charge in [0.15, 0.2) is 0 Å². The molecule has 4 heteroatoms. The maximum atomic E-state index is 14.4. The van der Waals surface area contributed by atoms with Gasteiger partial charge in [0, 0.05) is 23.3 Å². The molecule has 0 aliphatic heterocycles. The van der Waals surface area contributed by atoms with Crippen LogP contribution in [-0.4, -0.2) is 21.9 Å². The van der Waals surface area contributed by atoms with E-state index < -0.39 is 28.8 Å². The number of allylic oxidation sites excluding steroid dienone is 3. The first kappa shape index (κ1) is 21.6. The van der Waals surface area contributed by atoms with Crippen LogP contribution < -0.4 is 0 Å². The molecule has 5 aliphatic carbocycles. The molecule has 6 atom stereocenters. The van der Waals surface area contributed by atoms with Crippen LogP contribution in [0.4, 0.5) is 8.78 Å². The number of aliphatic hydroxyl groups excluding tert-OH is 1. The molecular weight excluding hydrogens is 418 g/mol. The van der Waals surface area contributed by atoms with Crippen molar-refractivity contribution < 1.29 is 19.0 Å². The zero-order valence-corrected chi connectivity index (χ0v) is 19.2. The molecule has 0 bridgehead atoms. The Morgan fingerprint density at radius 3 is 2.48 bits per heavy atom. The highest BCUT2D eigenvalue weighted by Crippen LogP contribution is 2.66. The van der Waals surface area contributed by atoms with Gasteiger partial charge in [-0.25, -0.2) is 8.78 Å². The van der Waals surface area contributed by atoms with Crippen molar-refractivity contribution in [2.45, 2.75) is 82.3 Å². The third-order valence-electron chi connectivity index (χ3n) is 9.36. The Morgan fingerprint density at radius 1 is 1.00 bits per heavy atom. The molecule has 1 aromatic carbocycles. The van der Waals surface area contributed by atoms with E-state index in [1.165, 1.54) is 28.9 Å². The van der Waals surface area contributed by atoms with E-state index in [1.807, 2.05) is 6.08 Å². The fraction of sp³-hybridized carbons (Fsp3) is 0.586. The number of rotatable bonds is 1. The molecule has 3 fully saturated rings. The van der Waals surface area contributed by atoms with Gasteiger partial charge in [-0.2, -0.15) is 0 Å². The second-order valence-corrected chi connectivity index (χ2v) is 11.3. The van der Waals surface area contributed by atoms with Crippen molar-refractivity contribution in [3.8, 4) is 11.8 Å². The molecule has 3 saturated carbocycles. The van der Waals surface area contributed by atoms with Crippen LogP contribution in [0.2, 0.25) is 0 Å². The van der Waals surface area contributed by atoms with Gasteiger partial charge >= 0.3 is 0 Å². The van der Waals surface area contributed by atoms with Crippen molar-refractivity contribution in [2.75, 3.05) is 0 Å². The van der Waals surface area contributed by atoms with Gasteiger partial charge in [0.1, 0.15) is 17.2 Å². The molecule has 5 aliphatic rings. The van der Waals surface area contributed by atoms with Crippen LogP contribution in [0.3, 0.4) is 0 Å². The van der Waals surface area contributed by atoms with Gasteiger partial charge in [0.2, 0.25) is 0 Å². The standard InChI is InChI=1S/C29H32F2O2/c1-28-16-25(19-12-20(30)15-21(31)13-19)27-23-7-5-22(32)14-18(23)4-6-24(27)26(28)9-11-29(28,33)10-8-17-2-3-17/h12-15,17,22,24-26,32-33H,2-7,9,11,16H2,1H3/t22?,24-,25+,26-,28-,29-/m0/s1. The van der Waals surface area contributed by atoms with Crippen molar-refractivity contribution in [3.05, 3.63) is 58.2 Å². The Balaban J connectivity index is 1.51. The van der Waals surface area contributed by atoms with Gasteiger partial charge in [-0.15, -0.1) is 0 Å². The van der Waals surface area contributed by atoms with Gasteiger partial charge in [0.25, 0.3) is 0 Å². The summed E-state index contributed by atoms with van der Waals surface area (Å²) in [4.78, 5) is 0. The van der Waals surface area contributed by atoms with E-state index in [0.717, 1.165) is 44.6 Å². The quantitative estimate of drug-likeness (QED) is 0.531. The summed E-state index contributed by atoms with van der Waals surface area (Å²) in [6.45, 7) is 2.17. The lowest BCUT2D eigenvalue weighted by Crippen LogP contribution is -2.51. The molecule has 2 nitrogen and oxygen atoms in total. The Morgan fingerprint density at radius 2 is 1.76 bits per heavy atom. The summed E-state index contributed by atoms with van der Waals surface area (Å²) < 4.78 is 28.7. The Kier molecular flexibility index (Phi) is 4.91. The maximum absolute atomic E-state index is 14.4. The van der Waals surface area contributed by atoms with Gasteiger partial charge in [-0.05, 0) is 98.5 Å². The van der Waals surface area contributed by atoms with E-state index in [0.29, 0.717) is 36.7 Å². The molecule has 0 saturated heterocycles. The number of halogens is 2. The molecule has 1 aromatic rings. The average molecular weight is 451 g/mol. The van der Waals surface area contributed by atoms with Crippen LogP contribution in [0.25, 0.3) is 0 Å². The first-order chi connectivity index (χ1) is 15.8. The summed E-state index contributed by atoms with van der Waals surface area (Å²) in [5.74, 6) is 6.37. The smallest absolute Gasteiger partial charge is 0.131 e. The Labute approximate surface area is 194 Å². The van der Waals surface area contributed by atoms with Gasteiger partial charge in [0.05, 0.1) is 6.10 Å². The maximum Gasteiger partial charge on any atom is 0.131 e. The first-order valence-corrected chi connectivity index (χ1v) is 12.6. The van der Waals surface area contributed by atoms with Crippen LogP contribution in [-0.2, 0) is 0 Å². The molecule has 1 unspecified atom stereocenters. The fourth-order valence-corrected chi connectivity index (χ4v) is 7.51. The number of hydrogen-bond acceptors (Lipinski definition) is 2.